The molecule has 1 heterocycles. The average Bonchev–Trinajstić information content (AvgIpc) is 2.68. The van der Waals surface area contributed by atoms with Crippen LogP contribution in [0.4, 0.5) is 17.2 Å². The SMILES string of the molecule is O=C(CCCCN=C=S)Nc1ccc2ncnc(Nc3cccc(Br)c3)c2c1. The number of nitrogens with zero attached hydrogens (tertiary/aromatic N) is 3. The second kappa shape index (κ2) is 10.0. The zero-order valence-electron chi connectivity index (χ0n) is 15.0. The van der Waals surface area contributed by atoms with Gasteiger partial charge in [0.25, 0.3) is 0 Å². The number of hydrogen-bond donors (Lipinski definition) is 2. The van der Waals surface area contributed by atoms with Gasteiger partial charge in [-0.2, -0.15) is 0 Å². The Morgan fingerprint density at radius 2 is 2.04 bits per heavy atom. The molecular formula is C20H18BrN5OS. The Labute approximate surface area is 176 Å². The summed E-state index contributed by atoms with van der Waals surface area (Å²) in [5.74, 6) is 0.640. The zero-order valence-corrected chi connectivity index (χ0v) is 17.4. The molecule has 0 fully saturated rings. The van der Waals surface area contributed by atoms with E-state index in [2.05, 4.69) is 58.9 Å². The zero-order chi connectivity index (χ0) is 19.8. The number of halogens is 1. The van der Waals surface area contributed by atoms with E-state index < -0.39 is 0 Å². The molecule has 0 aliphatic rings. The van der Waals surface area contributed by atoms with Crippen molar-refractivity contribution in [3.8, 4) is 0 Å². The van der Waals surface area contributed by atoms with Crippen LogP contribution in [0, 0.1) is 0 Å². The summed E-state index contributed by atoms with van der Waals surface area (Å²) in [6.07, 6.45) is 3.51. The van der Waals surface area contributed by atoms with Gasteiger partial charge in [0.05, 0.1) is 10.7 Å². The highest BCUT2D eigenvalue weighted by atomic mass is 79.9. The van der Waals surface area contributed by atoms with E-state index in [4.69, 9.17) is 0 Å². The number of aromatic nitrogens is 2. The number of unbranched alkanes of at least 4 members (excludes halogenated alkanes) is 1. The molecule has 0 bridgehead atoms. The largest absolute Gasteiger partial charge is 0.340 e. The van der Waals surface area contributed by atoms with Crippen molar-refractivity contribution in [2.45, 2.75) is 19.3 Å². The van der Waals surface area contributed by atoms with Crippen molar-refractivity contribution in [1.82, 2.24) is 9.97 Å². The number of nitrogens with one attached hydrogen (secondary N) is 2. The topological polar surface area (TPSA) is 79.3 Å². The van der Waals surface area contributed by atoms with Crippen LogP contribution in [0.1, 0.15) is 19.3 Å². The molecule has 0 saturated carbocycles. The highest BCUT2D eigenvalue weighted by Gasteiger charge is 2.08. The molecule has 8 heteroatoms. The predicted octanol–water partition coefficient (Wildman–Crippen LogP) is 5.35. The number of hydrogen-bond acceptors (Lipinski definition) is 6. The van der Waals surface area contributed by atoms with Gasteiger partial charge >= 0.3 is 0 Å². The molecule has 0 radical (unpaired) electrons. The van der Waals surface area contributed by atoms with Crippen LogP contribution in [-0.4, -0.2) is 27.6 Å². The lowest BCUT2D eigenvalue weighted by atomic mass is 10.2. The normalized spacial score (nSPS) is 10.3. The third-order valence-electron chi connectivity index (χ3n) is 3.99. The molecular weight excluding hydrogens is 438 g/mol. The molecule has 3 aromatic rings. The Kier molecular flexibility index (Phi) is 7.19. The molecule has 0 aliphatic heterocycles. The van der Waals surface area contributed by atoms with Gasteiger partial charge in [0.2, 0.25) is 5.91 Å². The second-order valence-corrected chi connectivity index (χ2v) is 7.17. The van der Waals surface area contributed by atoms with Gasteiger partial charge in [0.1, 0.15) is 12.1 Å². The molecule has 0 atom stereocenters. The lowest BCUT2D eigenvalue weighted by molar-refractivity contribution is -0.116. The number of aliphatic imine (C=N–C) groups is 1. The number of fused-ring (bicyclic) bond motifs is 1. The maximum atomic E-state index is 12.2. The first-order valence-electron chi connectivity index (χ1n) is 8.76. The molecule has 2 aromatic carbocycles. The predicted molar refractivity (Wildman–Crippen MR) is 119 cm³/mol. The number of isothiocyanates is 1. The Morgan fingerprint density at radius 1 is 1.14 bits per heavy atom. The van der Waals surface area contributed by atoms with Crippen LogP contribution in [0.2, 0.25) is 0 Å². The van der Waals surface area contributed by atoms with E-state index in [1.54, 1.807) is 0 Å². The molecule has 6 nitrogen and oxygen atoms in total. The van der Waals surface area contributed by atoms with E-state index in [-0.39, 0.29) is 5.91 Å². The highest BCUT2D eigenvalue weighted by molar-refractivity contribution is 9.10. The maximum Gasteiger partial charge on any atom is 0.224 e. The number of thiocarbonyl (C=S) groups is 1. The highest BCUT2D eigenvalue weighted by Crippen LogP contribution is 2.27. The third-order valence-corrected chi connectivity index (χ3v) is 4.62. The summed E-state index contributed by atoms with van der Waals surface area (Å²) in [6.45, 7) is 0.606. The first kappa shape index (κ1) is 20.1. The van der Waals surface area contributed by atoms with Crippen molar-refractivity contribution < 1.29 is 4.79 Å². The van der Waals surface area contributed by atoms with Crippen LogP contribution < -0.4 is 10.6 Å². The van der Waals surface area contributed by atoms with Crippen LogP contribution in [0.25, 0.3) is 10.9 Å². The van der Waals surface area contributed by atoms with E-state index in [9.17, 15) is 4.79 Å². The average molecular weight is 456 g/mol. The minimum absolute atomic E-state index is 0.0379. The van der Waals surface area contributed by atoms with Gasteiger partial charge in [-0.1, -0.05) is 22.0 Å². The molecule has 1 amide bonds. The summed E-state index contributed by atoms with van der Waals surface area (Å²) in [5.41, 5.74) is 2.41. The lowest BCUT2D eigenvalue weighted by Crippen LogP contribution is -2.11. The van der Waals surface area contributed by atoms with E-state index in [1.165, 1.54) is 6.33 Å². The minimum Gasteiger partial charge on any atom is -0.340 e. The fourth-order valence-electron chi connectivity index (χ4n) is 2.68. The van der Waals surface area contributed by atoms with Crippen LogP contribution >= 0.6 is 28.1 Å². The van der Waals surface area contributed by atoms with Crippen molar-refractivity contribution in [1.29, 1.82) is 0 Å². The smallest absolute Gasteiger partial charge is 0.224 e. The summed E-state index contributed by atoms with van der Waals surface area (Å²) in [4.78, 5) is 24.7. The Bertz CT molecular complexity index is 1040. The third kappa shape index (κ3) is 5.66. The molecule has 0 aliphatic carbocycles. The Hall–Kier alpha value is -2.67. The molecule has 28 heavy (non-hydrogen) atoms. The van der Waals surface area contributed by atoms with Gasteiger partial charge in [-0.25, -0.2) is 15.0 Å². The summed E-state index contributed by atoms with van der Waals surface area (Å²) >= 11 is 7.99. The molecule has 0 saturated heterocycles. The van der Waals surface area contributed by atoms with E-state index in [0.29, 0.717) is 24.5 Å². The van der Waals surface area contributed by atoms with Crippen molar-refractivity contribution in [2.24, 2.45) is 4.99 Å². The summed E-state index contributed by atoms with van der Waals surface area (Å²) in [6, 6.07) is 13.4. The lowest BCUT2D eigenvalue weighted by Gasteiger charge is -2.11. The van der Waals surface area contributed by atoms with Crippen LogP contribution in [0.3, 0.4) is 0 Å². The van der Waals surface area contributed by atoms with Gasteiger partial charge in [-0.05, 0) is 61.5 Å². The number of anilines is 3. The standard InChI is InChI=1S/C20H18BrN5OS/c21-14-4-3-5-15(10-14)26-20-17-11-16(7-8-18(17)23-12-24-20)25-19(27)6-1-2-9-22-13-28/h3-5,7-8,10-12H,1-2,6,9H2,(H,25,27)(H,23,24,26). The molecule has 1 aromatic heterocycles. The van der Waals surface area contributed by atoms with Crippen molar-refractivity contribution >= 4 is 67.3 Å². The Morgan fingerprint density at radius 3 is 2.86 bits per heavy atom. The summed E-state index contributed by atoms with van der Waals surface area (Å²) in [5, 5.41) is 9.39. The fourth-order valence-corrected chi connectivity index (χ4v) is 3.17. The molecule has 2 N–H and O–H groups in total. The second-order valence-electron chi connectivity index (χ2n) is 6.07. The number of amides is 1. The minimum atomic E-state index is -0.0379. The first-order valence-corrected chi connectivity index (χ1v) is 9.96. The van der Waals surface area contributed by atoms with Crippen molar-refractivity contribution in [3.05, 3.63) is 53.3 Å². The maximum absolute atomic E-state index is 12.2. The summed E-state index contributed by atoms with van der Waals surface area (Å²) < 4.78 is 0.972. The van der Waals surface area contributed by atoms with Crippen molar-refractivity contribution in [3.63, 3.8) is 0 Å². The molecule has 142 valence electrons. The van der Waals surface area contributed by atoms with Crippen LogP contribution in [0.5, 0.6) is 0 Å². The molecule has 0 spiro atoms. The van der Waals surface area contributed by atoms with Gasteiger partial charge in [0, 0.05) is 34.2 Å². The number of carbonyl (C=O) groups excluding carboxylic acids is 1. The van der Waals surface area contributed by atoms with Gasteiger partial charge in [-0.3, -0.25) is 4.79 Å². The van der Waals surface area contributed by atoms with E-state index in [1.807, 2.05) is 42.5 Å². The van der Waals surface area contributed by atoms with Crippen molar-refractivity contribution in [2.75, 3.05) is 17.2 Å². The molecule has 0 unspecified atom stereocenters. The van der Waals surface area contributed by atoms with Gasteiger partial charge in [-0.15, -0.1) is 0 Å². The Balaban J connectivity index is 1.73. The van der Waals surface area contributed by atoms with Gasteiger partial charge in [0.15, 0.2) is 0 Å². The number of rotatable bonds is 8. The van der Waals surface area contributed by atoms with E-state index >= 15 is 0 Å². The number of carbonyl (C=O) groups is 1. The number of benzene rings is 2. The monoisotopic (exact) mass is 455 g/mol. The summed E-state index contributed by atoms with van der Waals surface area (Å²) in [7, 11) is 0. The first-order chi connectivity index (χ1) is 13.7. The van der Waals surface area contributed by atoms with Gasteiger partial charge < -0.3 is 10.6 Å². The quantitative estimate of drug-likeness (QED) is 0.272. The van der Waals surface area contributed by atoms with E-state index in [0.717, 1.165) is 33.9 Å². The van der Waals surface area contributed by atoms with Crippen LogP contribution in [-0.2, 0) is 4.79 Å². The fraction of sp³-hybridized carbons (Fsp3) is 0.200. The molecule has 3 rings (SSSR count). The van der Waals surface area contributed by atoms with Crippen LogP contribution in [0.15, 0.2) is 58.3 Å².